The Kier molecular flexibility index (Phi) is 30.9. The number of rotatable bonds is 39. The van der Waals surface area contributed by atoms with Gasteiger partial charge in [-0.05, 0) is 83.1 Å². The number of carbonyl (C=O) groups is 4. The molecule has 0 bridgehead atoms. The number of carbonyl (C=O) groups excluding carboxylic acids is 4. The second-order valence-electron chi connectivity index (χ2n) is 21.7. The maximum Gasteiger partial charge on any atom is 0.472 e. The summed E-state index contributed by atoms with van der Waals surface area (Å²) in [6.07, 6.45) is 20.9. The third-order valence-electron chi connectivity index (χ3n) is 12.5. The molecule has 2 aromatic carbocycles. The van der Waals surface area contributed by atoms with Gasteiger partial charge in [-0.1, -0.05) is 177 Å². The summed E-state index contributed by atoms with van der Waals surface area (Å²) >= 11 is 0. The number of hydrogen-bond acceptors (Lipinski definition) is 14. The molecular formula is C58H92N2O14P-. The molecule has 3 rings (SSSR count). The van der Waals surface area contributed by atoms with Crippen LogP contribution in [-0.2, 0) is 51.7 Å². The summed E-state index contributed by atoms with van der Waals surface area (Å²) < 4.78 is 50.6. The van der Waals surface area contributed by atoms with Gasteiger partial charge in [0.25, 0.3) is 0 Å². The van der Waals surface area contributed by atoms with Crippen LogP contribution in [0.25, 0.3) is 11.1 Å². The third kappa shape index (κ3) is 29.6. The van der Waals surface area contributed by atoms with Crippen molar-refractivity contribution < 1.29 is 66.5 Å². The molecule has 0 fully saturated rings. The lowest BCUT2D eigenvalue weighted by atomic mass is 9.98. The molecule has 16 nitrogen and oxygen atoms in total. The van der Waals surface area contributed by atoms with Gasteiger partial charge in [-0.25, -0.2) is 14.2 Å². The largest absolute Gasteiger partial charge is 0.599 e. The van der Waals surface area contributed by atoms with E-state index in [1.807, 2.05) is 24.3 Å². The van der Waals surface area contributed by atoms with Crippen LogP contribution in [0.5, 0.6) is 0 Å². The maximum atomic E-state index is 13.1. The number of ether oxygens (including phenoxy) is 5. The second kappa shape index (κ2) is 35.8. The first-order valence-corrected chi connectivity index (χ1v) is 29.5. The van der Waals surface area contributed by atoms with Crippen molar-refractivity contribution in [2.75, 3.05) is 33.0 Å². The molecule has 0 aromatic heterocycles. The smallest absolute Gasteiger partial charge is 0.472 e. The van der Waals surface area contributed by atoms with E-state index in [0.29, 0.717) is 19.4 Å². The lowest BCUT2D eigenvalue weighted by molar-refractivity contribution is -0.251. The van der Waals surface area contributed by atoms with E-state index in [-0.39, 0.29) is 25.4 Å². The van der Waals surface area contributed by atoms with Crippen molar-refractivity contribution in [1.29, 1.82) is 0 Å². The summed E-state index contributed by atoms with van der Waals surface area (Å²) in [6.45, 7) is 10.8. The molecule has 1 aliphatic carbocycles. The van der Waals surface area contributed by atoms with Crippen LogP contribution in [0, 0.1) is 0 Å². The average molecular weight is 1070 g/mol. The molecule has 75 heavy (non-hydrogen) atoms. The maximum absolute atomic E-state index is 13.1. The highest BCUT2D eigenvalue weighted by Crippen LogP contribution is 2.45. The number of phosphoric ester groups is 1. The van der Waals surface area contributed by atoms with Crippen molar-refractivity contribution in [3.8, 4) is 11.1 Å². The number of fused-ring (bicyclic) bond motifs is 3. The highest BCUT2D eigenvalue weighted by Gasteiger charge is 2.34. The van der Waals surface area contributed by atoms with Crippen molar-refractivity contribution in [2.45, 2.75) is 232 Å². The zero-order valence-corrected chi connectivity index (χ0v) is 47.4. The van der Waals surface area contributed by atoms with Crippen LogP contribution in [0.4, 0.5) is 4.79 Å². The predicted molar refractivity (Wildman–Crippen MR) is 290 cm³/mol. The molecule has 1 aliphatic rings. The summed E-state index contributed by atoms with van der Waals surface area (Å²) in [5.74, 6) is -2.00. The van der Waals surface area contributed by atoms with Gasteiger partial charge < -0.3 is 39.0 Å². The molecule has 0 saturated carbocycles. The quantitative estimate of drug-likeness (QED) is 0.0159. The Hall–Kier alpha value is -4.50. The fourth-order valence-corrected chi connectivity index (χ4v) is 9.48. The number of amides is 1. The molecule has 0 aliphatic heterocycles. The number of esters is 3. The van der Waals surface area contributed by atoms with E-state index in [1.165, 1.54) is 80.0 Å². The third-order valence-corrected chi connectivity index (χ3v) is 13.5. The Morgan fingerprint density at radius 3 is 1.57 bits per heavy atom. The first-order chi connectivity index (χ1) is 35.8. The van der Waals surface area contributed by atoms with E-state index in [1.54, 1.807) is 41.5 Å². The standard InChI is InChI=1S/C58H93N2O14P/c1-8-9-10-11-12-13-14-15-16-18-21-24-27-38-52(61)68-41-45(42-70-75(66,67)71-44-51(54(63)73-57(2,3)4)60-56(65)74-58(5,6)7)72-53(62)39-28-25-22-19-17-20-23-26-33-40-59-55(64)69-43-50-48-36-31-29-34-46(48)47-35-30-32-37-49(47)50/h29-32,34-37,45,50-51H,8-28,33,38-44H2,1-7H3,(H,59,64)(H,60,65)(H,66,67)/p-1/t45-,51+/m1/s1. The van der Waals surface area contributed by atoms with Crippen molar-refractivity contribution >= 4 is 37.9 Å². The molecule has 0 spiro atoms. The molecule has 1 unspecified atom stereocenters. The molecule has 2 N–H and O–H groups in total. The molecule has 0 radical (unpaired) electrons. The van der Waals surface area contributed by atoms with E-state index in [4.69, 9.17) is 32.7 Å². The number of unbranched alkanes of at least 4 members (excludes halogenated alkanes) is 20. The molecule has 1 amide bonds. The number of phosphoric acid groups is 1. The zero-order valence-electron chi connectivity index (χ0n) is 46.5. The normalized spacial score (nSPS) is 14.3. The number of nitrogens with zero attached hydrogens (tertiary/aromatic N) is 1. The van der Waals surface area contributed by atoms with Crippen molar-refractivity contribution in [3.63, 3.8) is 0 Å². The highest BCUT2D eigenvalue weighted by molar-refractivity contribution is 7.47. The minimum atomic E-state index is -4.94. The van der Waals surface area contributed by atoms with Gasteiger partial charge in [-0.15, -0.1) is 0 Å². The van der Waals surface area contributed by atoms with Crippen LogP contribution < -0.4 is 10.4 Å². The topological polar surface area (TPSA) is 218 Å². The SMILES string of the molecule is CCCCCCCCCCCCCCCC(=O)OC[C@H](COP(=O)(O)OC[C@H](NC(=O)OC(C)(C)C)C(=O)OC(C)(C)C)OC(=O)CCCCCCCCCCCN=C([O-])OCC1c2ccccc2-c2ccccc21. The van der Waals surface area contributed by atoms with Gasteiger partial charge in [0.15, 0.2) is 12.1 Å². The Morgan fingerprint density at radius 1 is 0.613 bits per heavy atom. The molecule has 17 heteroatoms. The molecule has 0 heterocycles. The number of aliphatic imine (C=N–C) groups is 1. The van der Waals surface area contributed by atoms with Crippen LogP contribution in [0.1, 0.15) is 220 Å². The van der Waals surface area contributed by atoms with Gasteiger partial charge in [-0.3, -0.25) is 23.6 Å². The summed E-state index contributed by atoms with van der Waals surface area (Å²) in [7, 11) is -4.94. The predicted octanol–water partition coefficient (Wildman–Crippen LogP) is 12.7. The van der Waals surface area contributed by atoms with Gasteiger partial charge in [0, 0.05) is 31.9 Å². The van der Waals surface area contributed by atoms with Gasteiger partial charge in [0.05, 0.1) is 13.2 Å². The lowest BCUT2D eigenvalue weighted by Gasteiger charge is -2.26. The number of alkyl carbamates (subject to hydrolysis) is 1. The van der Waals surface area contributed by atoms with Crippen LogP contribution >= 0.6 is 7.82 Å². The van der Waals surface area contributed by atoms with Gasteiger partial charge in [-0.2, -0.15) is 0 Å². The van der Waals surface area contributed by atoms with Gasteiger partial charge in [0.2, 0.25) is 0 Å². The van der Waals surface area contributed by atoms with E-state index in [2.05, 4.69) is 41.5 Å². The molecular weight excluding hydrogens is 980 g/mol. The highest BCUT2D eigenvalue weighted by atomic mass is 31.2. The first-order valence-electron chi connectivity index (χ1n) is 28.0. The van der Waals surface area contributed by atoms with E-state index in [0.717, 1.165) is 70.6 Å². The minimum absolute atomic E-state index is 0.00639. The fourth-order valence-electron chi connectivity index (χ4n) is 8.71. The molecule has 424 valence electrons. The molecule has 2 aromatic rings. The summed E-state index contributed by atoms with van der Waals surface area (Å²) in [5, 5.41) is 14.8. The summed E-state index contributed by atoms with van der Waals surface area (Å²) in [5.41, 5.74) is 2.85. The van der Waals surface area contributed by atoms with Gasteiger partial charge in [0.1, 0.15) is 23.9 Å². The van der Waals surface area contributed by atoms with Crippen molar-refractivity contribution in [2.24, 2.45) is 4.99 Å². The molecule has 0 saturated heterocycles. The fraction of sp³-hybridized carbons (Fsp3) is 0.707. The number of benzene rings is 2. The van der Waals surface area contributed by atoms with Crippen LogP contribution in [-0.4, -0.2) is 91.3 Å². The van der Waals surface area contributed by atoms with E-state index >= 15 is 0 Å². The van der Waals surface area contributed by atoms with Crippen LogP contribution in [0.15, 0.2) is 53.5 Å². The second-order valence-corrected chi connectivity index (χ2v) is 23.2. The lowest BCUT2D eigenvalue weighted by Crippen LogP contribution is -2.48. The van der Waals surface area contributed by atoms with Crippen LogP contribution in [0.3, 0.4) is 0 Å². The van der Waals surface area contributed by atoms with E-state index in [9.17, 15) is 33.7 Å². The Bertz CT molecular complexity index is 2000. The summed E-state index contributed by atoms with van der Waals surface area (Å²) in [6, 6.07) is 14.9. The van der Waals surface area contributed by atoms with Crippen molar-refractivity contribution in [1.82, 2.24) is 5.32 Å². The molecule has 3 atom stereocenters. The zero-order chi connectivity index (χ0) is 55.0. The average Bonchev–Trinajstić information content (AvgIpc) is 3.66. The Labute approximate surface area is 448 Å². The van der Waals surface area contributed by atoms with Crippen molar-refractivity contribution in [3.05, 3.63) is 59.7 Å². The monoisotopic (exact) mass is 1070 g/mol. The van der Waals surface area contributed by atoms with Gasteiger partial charge >= 0.3 is 31.8 Å². The first kappa shape index (κ1) is 64.8. The summed E-state index contributed by atoms with van der Waals surface area (Å²) in [4.78, 5) is 66.0. The number of nitrogens with one attached hydrogen (secondary N) is 1. The Morgan fingerprint density at radius 2 is 1.07 bits per heavy atom. The number of hydrogen-bond donors (Lipinski definition) is 2. The minimum Gasteiger partial charge on any atom is -0.599 e. The van der Waals surface area contributed by atoms with Crippen LogP contribution in [0.2, 0.25) is 0 Å². The Balaban J connectivity index is 1.37. The van der Waals surface area contributed by atoms with E-state index < -0.39 is 81.1 Å².